The molecule has 2 aromatic carbocycles. The van der Waals surface area contributed by atoms with Gasteiger partial charge in [-0.15, -0.1) is 5.10 Å². The van der Waals surface area contributed by atoms with E-state index in [0.29, 0.717) is 37.7 Å². The molecule has 2 bridgehead atoms. The summed E-state index contributed by atoms with van der Waals surface area (Å²) in [5.41, 5.74) is 3.25. The topological polar surface area (TPSA) is 80.5 Å². The Bertz CT molecular complexity index is 1350. The third-order valence-corrected chi connectivity index (χ3v) is 10.5. The van der Waals surface area contributed by atoms with E-state index in [2.05, 4.69) is 69.8 Å². The lowest BCUT2D eigenvalue weighted by atomic mass is 9.80. The molecule has 1 atom stereocenters. The van der Waals surface area contributed by atoms with Gasteiger partial charge in [-0.05, 0) is 74.5 Å². The number of benzene rings is 2. The molecule has 1 aromatic heterocycles. The molecule has 3 fully saturated rings. The summed E-state index contributed by atoms with van der Waals surface area (Å²) >= 11 is 0. The van der Waals surface area contributed by atoms with Crippen molar-refractivity contribution >= 4 is 5.91 Å². The maximum Gasteiger partial charge on any atom is 0.229 e. The average molecular weight is 541 g/mol. The Morgan fingerprint density at radius 3 is 2.52 bits per heavy atom. The summed E-state index contributed by atoms with van der Waals surface area (Å²) in [6, 6.07) is 19.5. The maximum absolute atomic E-state index is 14.5. The molecule has 7 heteroatoms. The van der Waals surface area contributed by atoms with Crippen molar-refractivity contribution in [1.82, 2.24) is 19.9 Å². The summed E-state index contributed by atoms with van der Waals surface area (Å²) in [7, 11) is 0. The molecule has 3 heterocycles. The van der Waals surface area contributed by atoms with Gasteiger partial charge in [-0.3, -0.25) is 4.79 Å². The van der Waals surface area contributed by atoms with Crippen LogP contribution in [0.2, 0.25) is 0 Å². The first kappa shape index (κ1) is 25.9. The van der Waals surface area contributed by atoms with Crippen LogP contribution in [0.1, 0.15) is 86.2 Å². The Balaban J connectivity index is 1.11. The van der Waals surface area contributed by atoms with E-state index in [4.69, 9.17) is 4.74 Å². The number of aliphatic hydroxyl groups is 1. The van der Waals surface area contributed by atoms with E-state index in [1.165, 1.54) is 16.7 Å². The van der Waals surface area contributed by atoms with Gasteiger partial charge in [0.2, 0.25) is 5.91 Å². The SMILES string of the molecule is O=C(N1CCc2ccccc2C1CCCc1ccccc1)C12CCC(n3cc(C4(O)CCOCC4)nn3)(CC1)C2. The molecule has 2 saturated carbocycles. The molecule has 1 N–H and O–H groups in total. The second kappa shape index (κ2) is 10.1. The molecule has 7 rings (SSSR count). The first-order valence-corrected chi connectivity index (χ1v) is 15.2. The summed E-state index contributed by atoms with van der Waals surface area (Å²) < 4.78 is 7.46. The molecule has 2 aliphatic heterocycles. The lowest BCUT2D eigenvalue weighted by Crippen LogP contribution is -2.47. The minimum atomic E-state index is -0.967. The monoisotopic (exact) mass is 540 g/mol. The van der Waals surface area contributed by atoms with Crippen LogP contribution in [0.15, 0.2) is 60.8 Å². The van der Waals surface area contributed by atoms with E-state index in [0.717, 1.165) is 64.3 Å². The van der Waals surface area contributed by atoms with E-state index in [1.54, 1.807) is 0 Å². The zero-order chi connectivity index (χ0) is 27.2. The van der Waals surface area contributed by atoms with Crippen LogP contribution >= 0.6 is 0 Å². The summed E-state index contributed by atoms with van der Waals surface area (Å²) in [5.74, 6) is 0.342. The van der Waals surface area contributed by atoms with Gasteiger partial charge in [0, 0.05) is 32.6 Å². The van der Waals surface area contributed by atoms with Crippen molar-refractivity contribution < 1.29 is 14.6 Å². The van der Waals surface area contributed by atoms with Crippen molar-refractivity contribution in [3.63, 3.8) is 0 Å². The van der Waals surface area contributed by atoms with Crippen LogP contribution in [0.4, 0.5) is 0 Å². The normalized spacial score (nSPS) is 28.9. The Labute approximate surface area is 236 Å². The average Bonchev–Trinajstić information content (AvgIpc) is 3.74. The fourth-order valence-corrected chi connectivity index (χ4v) is 8.11. The summed E-state index contributed by atoms with van der Waals surface area (Å²) in [6.07, 6.45) is 11.5. The van der Waals surface area contributed by atoms with Crippen molar-refractivity contribution in [2.75, 3.05) is 19.8 Å². The van der Waals surface area contributed by atoms with Gasteiger partial charge in [-0.25, -0.2) is 4.68 Å². The fourth-order valence-electron chi connectivity index (χ4n) is 8.11. The fraction of sp³-hybridized carbons (Fsp3) is 0.545. The lowest BCUT2D eigenvalue weighted by molar-refractivity contribution is -0.145. The molecule has 40 heavy (non-hydrogen) atoms. The van der Waals surface area contributed by atoms with Gasteiger partial charge in [0.15, 0.2) is 0 Å². The minimum Gasteiger partial charge on any atom is -0.383 e. The number of fused-ring (bicyclic) bond motifs is 3. The number of carbonyl (C=O) groups excluding carboxylic acids is 1. The number of aryl methyl sites for hydroxylation is 1. The highest BCUT2D eigenvalue weighted by Gasteiger charge is 2.61. The molecule has 0 spiro atoms. The molecule has 2 aliphatic carbocycles. The maximum atomic E-state index is 14.5. The van der Waals surface area contributed by atoms with Crippen molar-refractivity contribution in [1.29, 1.82) is 0 Å². The number of hydrogen-bond donors (Lipinski definition) is 1. The van der Waals surface area contributed by atoms with Gasteiger partial charge in [0.25, 0.3) is 0 Å². The number of rotatable bonds is 7. The van der Waals surface area contributed by atoms with Gasteiger partial charge < -0.3 is 14.7 Å². The lowest BCUT2D eigenvalue weighted by Gasteiger charge is -2.42. The number of amides is 1. The highest BCUT2D eigenvalue weighted by molar-refractivity contribution is 5.84. The van der Waals surface area contributed by atoms with Gasteiger partial charge in [0.05, 0.1) is 23.2 Å². The predicted molar refractivity (Wildman–Crippen MR) is 151 cm³/mol. The standard InChI is InChI=1S/C33H40N4O3/c38-30(36-20-13-26-10-4-5-11-27(26)28(36)12-6-9-25-7-2-1-3-8-25)31-14-16-32(24-31,17-15-31)37-23-29(34-35-37)33(39)18-21-40-22-19-33/h1-5,7-8,10-11,23,28,39H,6,9,12-22,24H2. The summed E-state index contributed by atoms with van der Waals surface area (Å²) in [6.45, 7) is 1.87. The quantitative estimate of drug-likeness (QED) is 0.452. The molecule has 1 unspecified atom stereocenters. The largest absolute Gasteiger partial charge is 0.383 e. The van der Waals surface area contributed by atoms with E-state index in [1.807, 2.05) is 10.9 Å². The van der Waals surface area contributed by atoms with Crippen LogP contribution in [0.3, 0.4) is 0 Å². The highest BCUT2D eigenvalue weighted by atomic mass is 16.5. The minimum absolute atomic E-state index is 0.131. The zero-order valence-corrected chi connectivity index (χ0v) is 23.3. The smallest absolute Gasteiger partial charge is 0.229 e. The molecule has 210 valence electrons. The third kappa shape index (κ3) is 4.38. The first-order chi connectivity index (χ1) is 19.5. The van der Waals surface area contributed by atoms with Crippen molar-refractivity contribution in [2.24, 2.45) is 5.41 Å². The molecule has 3 aromatic rings. The molecule has 4 aliphatic rings. The van der Waals surface area contributed by atoms with Crippen LogP contribution in [-0.2, 0) is 33.5 Å². The van der Waals surface area contributed by atoms with E-state index < -0.39 is 5.60 Å². The van der Waals surface area contributed by atoms with Crippen LogP contribution in [0.5, 0.6) is 0 Å². The van der Waals surface area contributed by atoms with Crippen LogP contribution in [0.25, 0.3) is 0 Å². The van der Waals surface area contributed by atoms with Gasteiger partial charge in [-0.1, -0.05) is 59.8 Å². The van der Waals surface area contributed by atoms with Crippen molar-refractivity contribution in [3.05, 3.63) is 83.2 Å². The third-order valence-electron chi connectivity index (χ3n) is 10.5. The summed E-state index contributed by atoms with van der Waals surface area (Å²) in [5, 5.41) is 20.2. The number of aromatic nitrogens is 3. The number of ether oxygens (including phenoxy) is 1. The van der Waals surface area contributed by atoms with E-state index >= 15 is 0 Å². The molecule has 0 radical (unpaired) electrons. The Morgan fingerprint density at radius 2 is 1.73 bits per heavy atom. The van der Waals surface area contributed by atoms with Crippen LogP contribution in [0, 0.1) is 5.41 Å². The molecular formula is C33H40N4O3. The number of hydrogen-bond acceptors (Lipinski definition) is 5. The van der Waals surface area contributed by atoms with Crippen LogP contribution in [-0.4, -0.2) is 50.7 Å². The second-order valence-electron chi connectivity index (χ2n) is 12.7. The second-order valence-corrected chi connectivity index (χ2v) is 12.7. The first-order valence-electron chi connectivity index (χ1n) is 15.2. The Morgan fingerprint density at radius 1 is 0.975 bits per heavy atom. The molecular weight excluding hydrogens is 500 g/mol. The molecule has 7 nitrogen and oxygen atoms in total. The number of carbonyl (C=O) groups is 1. The van der Waals surface area contributed by atoms with Gasteiger partial charge in [-0.2, -0.15) is 0 Å². The van der Waals surface area contributed by atoms with Crippen molar-refractivity contribution in [3.8, 4) is 0 Å². The van der Waals surface area contributed by atoms with Crippen molar-refractivity contribution in [2.45, 2.75) is 87.8 Å². The number of nitrogens with zero attached hydrogens (tertiary/aromatic N) is 4. The zero-order valence-electron chi connectivity index (χ0n) is 23.3. The van der Waals surface area contributed by atoms with Gasteiger partial charge in [0.1, 0.15) is 11.3 Å². The van der Waals surface area contributed by atoms with E-state index in [9.17, 15) is 9.90 Å². The summed E-state index contributed by atoms with van der Waals surface area (Å²) in [4.78, 5) is 16.8. The predicted octanol–water partition coefficient (Wildman–Crippen LogP) is 5.08. The van der Waals surface area contributed by atoms with E-state index in [-0.39, 0.29) is 17.0 Å². The Kier molecular flexibility index (Phi) is 6.55. The highest BCUT2D eigenvalue weighted by Crippen LogP contribution is 2.61. The van der Waals surface area contributed by atoms with Crippen LogP contribution < -0.4 is 0 Å². The molecule has 1 amide bonds. The Hall–Kier alpha value is -3.03. The van der Waals surface area contributed by atoms with Gasteiger partial charge >= 0.3 is 0 Å². The molecule has 1 saturated heterocycles.